The molecule has 0 saturated carbocycles. The van der Waals surface area contributed by atoms with Gasteiger partial charge in [0.2, 0.25) is 0 Å². The van der Waals surface area contributed by atoms with Crippen LogP contribution in [0.5, 0.6) is 0 Å². The Bertz CT molecular complexity index is 632. The second-order valence-corrected chi connectivity index (χ2v) is 5.35. The van der Waals surface area contributed by atoms with Crippen molar-refractivity contribution in [1.82, 2.24) is 9.88 Å². The summed E-state index contributed by atoms with van der Waals surface area (Å²) in [6, 6.07) is 9.36. The van der Waals surface area contributed by atoms with Crippen molar-refractivity contribution in [3.05, 3.63) is 42.1 Å². The summed E-state index contributed by atoms with van der Waals surface area (Å²) in [5, 5.41) is 10.8. The lowest BCUT2D eigenvalue weighted by molar-refractivity contribution is 0.0573. The van der Waals surface area contributed by atoms with Gasteiger partial charge in [-0.1, -0.05) is 18.2 Å². The van der Waals surface area contributed by atoms with Crippen LogP contribution < -0.4 is 0 Å². The van der Waals surface area contributed by atoms with E-state index in [0.717, 1.165) is 10.9 Å². The second-order valence-electron chi connectivity index (χ2n) is 5.35. The topological polar surface area (TPSA) is 53.4 Å². The standard InChI is InChI=1S/C15H16N2O2/c1-15(19)7-9-17(10-15)14(18)12-6-8-16-13-5-3-2-4-11(12)13/h2-6,8,19H,7,9-10H2,1H3/t15-/m0/s1. The summed E-state index contributed by atoms with van der Waals surface area (Å²) in [7, 11) is 0. The molecule has 4 heteroatoms. The minimum absolute atomic E-state index is 0.0311. The van der Waals surface area contributed by atoms with Crippen LogP contribution in [-0.2, 0) is 0 Å². The van der Waals surface area contributed by atoms with Gasteiger partial charge in [-0.25, -0.2) is 0 Å². The van der Waals surface area contributed by atoms with Gasteiger partial charge in [-0.2, -0.15) is 0 Å². The molecule has 2 heterocycles. The fourth-order valence-electron chi connectivity index (χ4n) is 2.57. The van der Waals surface area contributed by atoms with E-state index >= 15 is 0 Å². The van der Waals surface area contributed by atoms with E-state index in [1.54, 1.807) is 24.1 Å². The van der Waals surface area contributed by atoms with E-state index in [4.69, 9.17) is 0 Å². The Hall–Kier alpha value is -1.94. The highest BCUT2D eigenvalue weighted by Gasteiger charge is 2.34. The van der Waals surface area contributed by atoms with Gasteiger partial charge in [0.25, 0.3) is 5.91 Å². The Morgan fingerprint density at radius 1 is 1.37 bits per heavy atom. The van der Waals surface area contributed by atoms with Gasteiger partial charge in [-0.3, -0.25) is 9.78 Å². The van der Waals surface area contributed by atoms with Crippen LogP contribution in [0.25, 0.3) is 10.9 Å². The predicted octanol–water partition coefficient (Wildman–Crippen LogP) is 1.83. The van der Waals surface area contributed by atoms with Crippen molar-refractivity contribution in [3.63, 3.8) is 0 Å². The van der Waals surface area contributed by atoms with E-state index < -0.39 is 5.60 Å². The van der Waals surface area contributed by atoms with Gasteiger partial charge in [0.1, 0.15) is 0 Å². The molecule has 1 aliphatic heterocycles. The first-order valence-electron chi connectivity index (χ1n) is 6.42. The van der Waals surface area contributed by atoms with Crippen molar-refractivity contribution in [1.29, 1.82) is 0 Å². The molecule has 1 atom stereocenters. The third kappa shape index (κ3) is 2.19. The zero-order chi connectivity index (χ0) is 13.5. The average Bonchev–Trinajstić information content (AvgIpc) is 2.78. The Labute approximate surface area is 111 Å². The van der Waals surface area contributed by atoms with Gasteiger partial charge in [-0.05, 0) is 25.5 Å². The van der Waals surface area contributed by atoms with E-state index in [0.29, 0.717) is 25.1 Å². The number of hydrogen-bond acceptors (Lipinski definition) is 3. The number of benzene rings is 1. The van der Waals surface area contributed by atoms with Crippen LogP contribution in [0.2, 0.25) is 0 Å². The Morgan fingerprint density at radius 2 is 2.16 bits per heavy atom. The third-order valence-electron chi connectivity index (χ3n) is 3.62. The maximum absolute atomic E-state index is 12.5. The highest BCUT2D eigenvalue weighted by atomic mass is 16.3. The maximum atomic E-state index is 12.5. The average molecular weight is 256 g/mol. The minimum Gasteiger partial charge on any atom is -0.388 e. The molecule has 1 saturated heterocycles. The lowest BCUT2D eigenvalue weighted by atomic mass is 10.1. The summed E-state index contributed by atoms with van der Waals surface area (Å²) in [4.78, 5) is 18.5. The van der Waals surface area contributed by atoms with Crippen molar-refractivity contribution in [2.75, 3.05) is 13.1 Å². The number of likely N-dealkylation sites (tertiary alicyclic amines) is 1. The normalized spacial score (nSPS) is 22.9. The van der Waals surface area contributed by atoms with E-state index in [1.165, 1.54) is 0 Å². The van der Waals surface area contributed by atoms with E-state index in [2.05, 4.69) is 4.98 Å². The fourth-order valence-corrected chi connectivity index (χ4v) is 2.57. The van der Waals surface area contributed by atoms with Gasteiger partial charge in [0.05, 0.1) is 16.7 Å². The molecule has 0 unspecified atom stereocenters. The largest absolute Gasteiger partial charge is 0.388 e. The number of fused-ring (bicyclic) bond motifs is 1. The number of carbonyl (C=O) groups is 1. The van der Waals surface area contributed by atoms with Crippen molar-refractivity contribution in [2.45, 2.75) is 18.9 Å². The summed E-state index contributed by atoms with van der Waals surface area (Å²) in [6.07, 6.45) is 2.28. The van der Waals surface area contributed by atoms with E-state index in [-0.39, 0.29) is 5.91 Å². The molecule has 1 amide bonds. The number of rotatable bonds is 1. The smallest absolute Gasteiger partial charge is 0.254 e. The number of carbonyl (C=O) groups excluding carboxylic acids is 1. The molecule has 0 aliphatic carbocycles. The number of amides is 1. The molecule has 1 fully saturated rings. The first-order chi connectivity index (χ1) is 9.07. The Balaban J connectivity index is 1.99. The van der Waals surface area contributed by atoms with Gasteiger partial charge in [-0.15, -0.1) is 0 Å². The molecular formula is C15H16N2O2. The van der Waals surface area contributed by atoms with Crippen LogP contribution in [0.4, 0.5) is 0 Å². The summed E-state index contributed by atoms with van der Waals surface area (Å²) in [5.74, 6) is -0.0311. The van der Waals surface area contributed by atoms with Gasteiger partial charge in [0, 0.05) is 24.7 Å². The van der Waals surface area contributed by atoms with Crippen LogP contribution in [0.1, 0.15) is 23.7 Å². The Kier molecular flexibility index (Phi) is 2.75. The molecule has 2 aromatic rings. The number of aromatic nitrogens is 1. The molecule has 1 aliphatic rings. The first-order valence-corrected chi connectivity index (χ1v) is 6.42. The molecule has 3 rings (SSSR count). The Morgan fingerprint density at radius 3 is 2.89 bits per heavy atom. The number of hydrogen-bond donors (Lipinski definition) is 1. The molecule has 1 aromatic heterocycles. The molecule has 98 valence electrons. The lowest BCUT2D eigenvalue weighted by Gasteiger charge is -2.19. The zero-order valence-electron chi connectivity index (χ0n) is 10.8. The second kappa shape index (κ2) is 4.31. The molecule has 0 radical (unpaired) electrons. The number of nitrogens with zero attached hydrogens (tertiary/aromatic N) is 2. The number of β-amino-alcohol motifs (C(OH)–C–C–N with tert-alkyl or cyclic N) is 1. The molecule has 19 heavy (non-hydrogen) atoms. The third-order valence-corrected chi connectivity index (χ3v) is 3.62. The number of pyridine rings is 1. The van der Waals surface area contributed by atoms with Crippen molar-refractivity contribution in [3.8, 4) is 0 Å². The van der Waals surface area contributed by atoms with Crippen molar-refractivity contribution >= 4 is 16.8 Å². The number of aliphatic hydroxyl groups is 1. The fraction of sp³-hybridized carbons (Fsp3) is 0.333. The minimum atomic E-state index is -0.765. The highest BCUT2D eigenvalue weighted by molar-refractivity contribution is 6.06. The van der Waals surface area contributed by atoms with E-state index in [9.17, 15) is 9.90 Å². The van der Waals surface area contributed by atoms with Crippen LogP contribution in [0, 0.1) is 0 Å². The number of para-hydroxylation sites is 1. The zero-order valence-corrected chi connectivity index (χ0v) is 10.8. The van der Waals surface area contributed by atoms with E-state index in [1.807, 2.05) is 24.3 Å². The van der Waals surface area contributed by atoms with Crippen LogP contribution in [-0.4, -0.2) is 39.6 Å². The summed E-state index contributed by atoms with van der Waals surface area (Å²) < 4.78 is 0. The predicted molar refractivity (Wildman–Crippen MR) is 72.9 cm³/mol. The quantitative estimate of drug-likeness (QED) is 0.847. The highest BCUT2D eigenvalue weighted by Crippen LogP contribution is 2.24. The van der Waals surface area contributed by atoms with Gasteiger partial charge >= 0.3 is 0 Å². The lowest BCUT2D eigenvalue weighted by Crippen LogP contribution is -2.34. The van der Waals surface area contributed by atoms with Crippen LogP contribution in [0.3, 0.4) is 0 Å². The van der Waals surface area contributed by atoms with Crippen molar-refractivity contribution < 1.29 is 9.90 Å². The molecule has 1 N–H and O–H groups in total. The molecule has 4 nitrogen and oxygen atoms in total. The molecular weight excluding hydrogens is 240 g/mol. The molecule has 0 spiro atoms. The molecule has 0 bridgehead atoms. The molecule has 1 aromatic carbocycles. The summed E-state index contributed by atoms with van der Waals surface area (Å²) in [6.45, 7) is 2.76. The van der Waals surface area contributed by atoms with Gasteiger partial charge < -0.3 is 10.0 Å². The van der Waals surface area contributed by atoms with Gasteiger partial charge in [0.15, 0.2) is 0 Å². The van der Waals surface area contributed by atoms with Crippen LogP contribution in [0.15, 0.2) is 36.5 Å². The summed E-state index contributed by atoms with van der Waals surface area (Å²) in [5.41, 5.74) is 0.709. The first kappa shape index (κ1) is 12.1. The maximum Gasteiger partial charge on any atom is 0.254 e. The van der Waals surface area contributed by atoms with Crippen molar-refractivity contribution in [2.24, 2.45) is 0 Å². The summed E-state index contributed by atoms with van der Waals surface area (Å²) >= 11 is 0. The van der Waals surface area contributed by atoms with Crippen LogP contribution >= 0.6 is 0 Å². The monoisotopic (exact) mass is 256 g/mol. The SMILES string of the molecule is C[C@]1(O)CCN(C(=O)c2ccnc3ccccc23)C1.